The van der Waals surface area contributed by atoms with Crippen molar-refractivity contribution in [1.82, 2.24) is 5.32 Å². The first-order valence-corrected chi connectivity index (χ1v) is 8.85. The fourth-order valence-corrected chi connectivity index (χ4v) is 4.37. The average Bonchev–Trinajstić information content (AvgIpc) is 3.01. The van der Waals surface area contributed by atoms with Crippen LogP contribution in [0.3, 0.4) is 0 Å². The van der Waals surface area contributed by atoms with Crippen LogP contribution < -0.4 is 10.2 Å². The molecule has 2 atom stereocenters. The van der Waals surface area contributed by atoms with Crippen molar-refractivity contribution in [1.29, 1.82) is 0 Å². The lowest BCUT2D eigenvalue weighted by Crippen LogP contribution is -2.21. The van der Waals surface area contributed by atoms with Crippen molar-refractivity contribution in [2.24, 2.45) is 11.8 Å². The van der Waals surface area contributed by atoms with Gasteiger partial charge in [0.2, 0.25) is 0 Å². The van der Waals surface area contributed by atoms with Crippen LogP contribution >= 0.6 is 15.9 Å². The summed E-state index contributed by atoms with van der Waals surface area (Å²) in [6.07, 6.45) is 7.06. The molecule has 108 valence electrons. The van der Waals surface area contributed by atoms with E-state index in [1.54, 1.807) is 0 Å². The van der Waals surface area contributed by atoms with Gasteiger partial charge in [0.05, 0.1) is 0 Å². The van der Waals surface area contributed by atoms with Crippen molar-refractivity contribution in [2.45, 2.75) is 44.7 Å². The molecule has 1 aromatic rings. The van der Waals surface area contributed by atoms with Crippen LogP contribution in [-0.2, 0) is 6.54 Å². The highest BCUT2D eigenvalue weighted by atomic mass is 79.9. The van der Waals surface area contributed by atoms with Gasteiger partial charge in [0, 0.05) is 35.8 Å². The molecule has 0 bridgehead atoms. The van der Waals surface area contributed by atoms with E-state index in [1.807, 2.05) is 0 Å². The summed E-state index contributed by atoms with van der Waals surface area (Å²) in [6, 6.07) is 7.71. The van der Waals surface area contributed by atoms with E-state index < -0.39 is 0 Å². The molecule has 3 fully saturated rings. The Morgan fingerprint density at radius 1 is 1.10 bits per heavy atom. The van der Waals surface area contributed by atoms with Crippen molar-refractivity contribution < 1.29 is 0 Å². The third-order valence-corrected chi connectivity index (χ3v) is 6.02. The van der Waals surface area contributed by atoms with Gasteiger partial charge in [-0.2, -0.15) is 0 Å². The van der Waals surface area contributed by atoms with E-state index in [4.69, 9.17) is 0 Å². The Labute approximate surface area is 130 Å². The summed E-state index contributed by atoms with van der Waals surface area (Å²) in [5.41, 5.74) is 2.79. The minimum absolute atomic E-state index is 0.777. The van der Waals surface area contributed by atoms with E-state index in [1.165, 1.54) is 60.9 Å². The number of fused-ring (bicyclic) bond motifs is 1. The molecule has 20 heavy (non-hydrogen) atoms. The number of hydrogen-bond donors (Lipinski definition) is 1. The quantitative estimate of drug-likeness (QED) is 0.897. The predicted molar refractivity (Wildman–Crippen MR) is 87.0 cm³/mol. The number of benzene rings is 1. The maximum absolute atomic E-state index is 3.76. The molecular weight excluding hydrogens is 312 g/mol. The normalized spacial score (nSPS) is 28.9. The lowest BCUT2D eigenvalue weighted by molar-refractivity contribution is 0.494. The third kappa shape index (κ3) is 2.62. The van der Waals surface area contributed by atoms with Gasteiger partial charge in [-0.05, 0) is 55.2 Å². The molecule has 1 aliphatic heterocycles. The first-order valence-electron chi connectivity index (χ1n) is 8.06. The number of nitrogens with one attached hydrogen (secondary N) is 1. The van der Waals surface area contributed by atoms with E-state index in [0.717, 1.165) is 24.4 Å². The van der Waals surface area contributed by atoms with Crippen LogP contribution in [0.25, 0.3) is 0 Å². The summed E-state index contributed by atoms with van der Waals surface area (Å²) in [5.74, 6) is 1.93. The minimum Gasteiger partial charge on any atom is -0.371 e. The Bertz CT molecular complexity index is 486. The largest absolute Gasteiger partial charge is 0.371 e. The van der Waals surface area contributed by atoms with Gasteiger partial charge in [0.25, 0.3) is 0 Å². The maximum atomic E-state index is 3.76. The molecule has 0 spiro atoms. The standard InChI is InChI=1S/C17H23BrN2/c18-17-8-16(7-4-12(17)9-19-15-5-6-15)20-10-13-2-1-3-14(13)11-20/h4,7-8,13-15,19H,1-3,5-6,9-11H2. The van der Waals surface area contributed by atoms with Crippen LogP contribution in [0, 0.1) is 11.8 Å². The Morgan fingerprint density at radius 3 is 2.50 bits per heavy atom. The van der Waals surface area contributed by atoms with Gasteiger partial charge in [-0.1, -0.05) is 28.4 Å². The zero-order valence-electron chi connectivity index (χ0n) is 11.9. The molecule has 1 N–H and O–H groups in total. The van der Waals surface area contributed by atoms with E-state index in [9.17, 15) is 0 Å². The molecule has 2 aliphatic carbocycles. The highest BCUT2D eigenvalue weighted by Crippen LogP contribution is 2.40. The molecule has 0 radical (unpaired) electrons. The number of hydrogen-bond acceptors (Lipinski definition) is 2. The molecule has 2 nitrogen and oxygen atoms in total. The Morgan fingerprint density at radius 2 is 1.85 bits per heavy atom. The summed E-state index contributed by atoms with van der Waals surface area (Å²) in [6.45, 7) is 3.55. The zero-order valence-corrected chi connectivity index (χ0v) is 13.5. The summed E-state index contributed by atoms with van der Waals surface area (Å²) in [4.78, 5) is 2.59. The summed E-state index contributed by atoms with van der Waals surface area (Å²) in [7, 11) is 0. The van der Waals surface area contributed by atoms with Gasteiger partial charge in [0.1, 0.15) is 0 Å². The second-order valence-corrected chi connectivity index (χ2v) is 7.64. The zero-order chi connectivity index (χ0) is 13.5. The van der Waals surface area contributed by atoms with Crippen LogP contribution in [-0.4, -0.2) is 19.1 Å². The number of halogens is 1. The molecule has 1 saturated heterocycles. The Hall–Kier alpha value is -0.540. The first-order chi connectivity index (χ1) is 9.79. The van der Waals surface area contributed by atoms with Crippen molar-refractivity contribution in [3.63, 3.8) is 0 Å². The molecule has 3 heteroatoms. The topological polar surface area (TPSA) is 15.3 Å². The molecule has 4 rings (SSSR count). The minimum atomic E-state index is 0.777. The molecule has 3 aliphatic rings. The molecular formula is C17H23BrN2. The van der Waals surface area contributed by atoms with Gasteiger partial charge in [0.15, 0.2) is 0 Å². The van der Waals surface area contributed by atoms with Crippen molar-refractivity contribution in [3.8, 4) is 0 Å². The third-order valence-electron chi connectivity index (χ3n) is 5.29. The van der Waals surface area contributed by atoms with E-state index in [-0.39, 0.29) is 0 Å². The van der Waals surface area contributed by atoms with E-state index >= 15 is 0 Å². The van der Waals surface area contributed by atoms with Crippen LogP contribution in [0.4, 0.5) is 5.69 Å². The number of rotatable bonds is 4. The highest BCUT2D eigenvalue weighted by Gasteiger charge is 2.36. The van der Waals surface area contributed by atoms with Crippen molar-refractivity contribution in [3.05, 3.63) is 28.2 Å². The van der Waals surface area contributed by atoms with Crippen LogP contribution in [0.1, 0.15) is 37.7 Å². The maximum Gasteiger partial charge on any atom is 0.0377 e. The van der Waals surface area contributed by atoms with Crippen molar-refractivity contribution >= 4 is 21.6 Å². The van der Waals surface area contributed by atoms with Gasteiger partial charge < -0.3 is 10.2 Å². The smallest absolute Gasteiger partial charge is 0.0377 e. The fourth-order valence-electron chi connectivity index (χ4n) is 3.86. The average molecular weight is 335 g/mol. The predicted octanol–water partition coefficient (Wildman–Crippen LogP) is 3.94. The first kappa shape index (κ1) is 13.1. The molecule has 1 heterocycles. The summed E-state index contributed by atoms with van der Waals surface area (Å²) < 4.78 is 1.26. The second kappa shape index (κ2) is 5.34. The molecule has 0 amide bonds. The monoisotopic (exact) mass is 334 g/mol. The van der Waals surface area contributed by atoms with Crippen molar-refractivity contribution in [2.75, 3.05) is 18.0 Å². The summed E-state index contributed by atoms with van der Waals surface area (Å²) in [5, 5.41) is 3.59. The summed E-state index contributed by atoms with van der Waals surface area (Å²) >= 11 is 3.76. The molecule has 0 aromatic heterocycles. The number of anilines is 1. The lowest BCUT2D eigenvalue weighted by atomic mass is 10.0. The SMILES string of the molecule is Brc1cc(N2CC3CCCC3C2)ccc1CNC1CC1. The Kier molecular flexibility index (Phi) is 3.51. The van der Waals surface area contributed by atoms with E-state index in [0.29, 0.717) is 0 Å². The van der Waals surface area contributed by atoms with Crippen LogP contribution in [0.15, 0.2) is 22.7 Å². The molecule has 2 unspecified atom stereocenters. The Balaban J connectivity index is 1.44. The molecule has 2 saturated carbocycles. The van der Waals surface area contributed by atoms with Gasteiger partial charge in [-0.3, -0.25) is 0 Å². The van der Waals surface area contributed by atoms with Gasteiger partial charge in [-0.25, -0.2) is 0 Å². The lowest BCUT2D eigenvalue weighted by Gasteiger charge is -2.20. The number of nitrogens with zero attached hydrogens (tertiary/aromatic N) is 1. The second-order valence-electron chi connectivity index (χ2n) is 6.79. The molecule has 1 aromatic carbocycles. The van der Waals surface area contributed by atoms with Gasteiger partial charge in [-0.15, -0.1) is 0 Å². The highest BCUT2D eigenvalue weighted by molar-refractivity contribution is 9.10. The van der Waals surface area contributed by atoms with Crippen LogP contribution in [0.5, 0.6) is 0 Å². The van der Waals surface area contributed by atoms with Gasteiger partial charge >= 0.3 is 0 Å². The van der Waals surface area contributed by atoms with Crippen LogP contribution in [0.2, 0.25) is 0 Å². The fraction of sp³-hybridized carbons (Fsp3) is 0.647. The van der Waals surface area contributed by atoms with E-state index in [2.05, 4.69) is 44.3 Å².